The van der Waals surface area contributed by atoms with Gasteiger partial charge in [0, 0.05) is 29.2 Å². The van der Waals surface area contributed by atoms with Gasteiger partial charge in [-0.2, -0.15) is 0 Å². The van der Waals surface area contributed by atoms with E-state index in [9.17, 15) is 27.6 Å². The number of amides is 4. The number of allylic oxidation sites excluding steroid dienone is 1. The first-order valence-corrected chi connectivity index (χ1v) is 22.8. The summed E-state index contributed by atoms with van der Waals surface area (Å²) in [6.07, 6.45) is 15.2. The lowest BCUT2D eigenvalue weighted by Gasteiger charge is -2.48. The lowest BCUT2D eigenvalue weighted by molar-refractivity contribution is -0.144. The minimum absolute atomic E-state index is 0.103. The summed E-state index contributed by atoms with van der Waals surface area (Å²) < 4.78 is 40.9. The average Bonchev–Trinajstić information content (AvgIpc) is 4.09. The Morgan fingerprint density at radius 1 is 0.965 bits per heavy atom. The molecule has 1 aromatic carbocycles. The van der Waals surface area contributed by atoms with Gasteiger partial charge in [0.1, 0.15) is 35.1 Å². The molecule has 5 unspecified atom stereocenters. The molecule has 3 aliphatic heterocycles. The maximum atomic E-state index is 14.9. The Bertz CT molecular complexity index is 2110. The molecule has 4 amide bonds. The maximum absolute atomic E-state index is 14.9. The third-order valence-electron chi connectivity index (χ3n) is 14.0. The molecule has 3 N–H and O–H groups in total. The van der Waals surface area contributed by atoms with Gasteiger partial charge in [-0.25, -0.2) is 18.2 Å². The lowest BCUT2D eigenvalue weighted by Crippen LogP contribution is -2.70. The number of carbonyl (C=O) groups excluding carboxylic acids is 4. The molecular formula is C43H55N5O8S. The van der Waals surface area contributed by atoms with Crippen LogP contribution in [0.25, 0.3) is 10.9 Å². The van der Waals surface area contributed by atoms with Crippen molar-refractivity contribution in [2.45, 2.75) is 162 Å². The number of carbonyl (C=O) groups is 4. The molecule has 13 nitrogen and oxygen atoms in total. The highest BCUT2D eigenvalue weighted by Crippen LogP contribution is 2.51. The second-order valence-corrected chi connectivity index (χ2v) is 20.3. The van der Waals surface area contributed by atoms with Crippen LogP contribution in [0.5, 0.6) is 5.75 Å². The first-order chi connectivity index (χ1) is 27.4. The van der Waals surface area contributed by atoms with E-state index in [4.69, 9.17) is 14.5 Å². The number of hydrogen-bond donors (Lipinski definition) is 3. The number of rotatable bonds is 6. The number of hydrogen-bond acceptors (Lipinski definition) is 9. The highest BCUT2D eigenvalue weighted by Gasteiger charge is 2.60. The van der Waals surface area contributed by atoms with Crippen LogP contribution in [0.1, 0.15) is 133 Å². The number of sulfonamides is 1. The summed E-state index contributed by atoms with van der Waals surface area (Å²) in [4.78, 5) is 64.0. The third kappa shape index (κ3) is 7.18. The second kappa shape index (κ2) is 14.6. The molecule has 0 radical (unpaired) electrons. The van der Waals surface area contributed by atoms with Gasteiger partial charge in [0.05, 0.1) is 22.5 Å². The molecule has 1 saturated heterocycles. The van der Waals surface area contributed by atoms with Crippen molar-refractivity contribution in [3.05, 3.63) is 47.7 Å². The van der Waals surface area contributed by atoms with Gasteiger partial charge in [-0.3, -0.25) is 19.1 Å². The van der Waals surface area contributed by atoms with Gasteiger partial charge in [0.2, 0.25) is 21.8 Å². The van der Waals surface area contributed by atoms with E-state index in [1.807, 2.05) is 30.4 Å². The van der Waals surface area contributed by atoms with Crippen LogP contribution in [-0.2, 0) is 35.6 Å². The van der Waals surface area contributed by atoms with Gasteiger partial charge >= 0.3 is 6.09 Å². The normalized spacial score (nSPS) is 31.5. The van der Waals surface area contributed by atoms with Gasteiger partial charge in [-0.1, -0.05) is 43.2 Å². The smallest absolute Gasteiger partial charge is 0.408 e. The van der Waals surface area contributed by atoms with E-state index < -0.39 is 67.7 Å². The zero-order valence-corrected chi connectivity index (χ0v) is 33.7. The number of pyridine rings is 1. The predicted octanol–water partition coefficient (Wildman–Crippen LogP) is 5.60. The van der Waals surface area contributed by atoms with Gasteiger partial charge in [0.15, 0.2) is 0 Å². The first-order valence-electron chi connectivity index (χ1n) is 21.3. The summed E-state index contributed by atoms with van der Waals surface area (Å²) >= 11 is 0. The minimum atomic E-state index is -3.99. The molecule has 2 aromatic rings. The molecule has 306 valence electrons. The van der Waals surface area contributed by atoms with Gasteiger partial charge < -0.3 is 25.0 Å². The number of alkyl carbamates (subject to hydrolysis) is 1. The molecule has 0 bridgehead atoms. The molecule has 1 spiro atoms. The molecule has 7 aliphatic rings. The van der Waals surface area contributed by atoms with Crippen molar-refractivity contribution < 1.29 is 37.1 Å². The van der Waals surface area contributed by atoms with E-state index in [0.29, 0.717) is 44.9 Å². The van der Waals surface area contributed by atoms with Crippen LogP contribution in [0.4, 0.5) is 4.79 Å². The molecule has 4 heterocycles. The molecule has 5 atom stereocenters. The van der Waals surface area contributed by atoms with E-state index >= 15 is 0 Å². The Kier molecular flexibility index (Phi) is 9.79. The number of benzene rings is 1. The van der Waals surface area contributed by atoms with Crippen molar-refractivity contribution in [3.8, 4) is 5.75 Å². The van der Waals surface area contributed by atoms with Crippen LogP contribution in [0.15, 0.2) is 36.4 Å². The maximum Gasteiger partial charge on any atom is 0.408 e. The summed E-state index contributed by atoms with van der Waals surface area (Å²) in [5.74, 6) is -1.09. The third-order valence-corrected chi connectivity index (χ3v) is 16.2. The van der Waals surface area contributed by atoms with E-state index in [2.05, 4.69) is 21.4 Å². The number of aromatic nitrogens is 1. The van der Waals surface area contributed by atoms with Gasteiger partial charge in [0.25, 0.3) is 5.91 Å². The molecule has 4 aliphatic carbocycles. The van der Waals surface area contributed by atoms with Crippen LogP contribution >= 0.6 is 0 Å². The van der Waals surface area contributed by atoms with E-state index in [1.54, 1.807) is 11.8 Å². The molecule has 9 rings (SSSR count). The largest absolute Gasteiger partial charge is 0.483 e. The number of para-hydroxylation sites is 1. The van der Waals surface area contributed by atoms with Crippen molar-refractivity contribution in [3.63, 3.8) is 0 Å². The number of ether oxygens (including phenoxy) is 2. The SMILES string of the molecule is CC1(S(=O)(=O)NC(=O)C23CCC2C=CCCCCCC(NC(=O)OC2CCCC2)C(=O)N2CC4(CCc5c(c(C6CC6)nc6ccccc56)O4)CC2C(=O)N3)CC1. The molecule has 57 heavy (non-hydrogen) atoms. The zero-order valence-electron chi connectivity index (χ0n) is 32.9. The standard InChI is InChI=1S/C43H55N5O8S/c1-41(23-24-41)57(53,54)47-39(51)43-22-19-28(43)11-5-3-2-4-6-16-33(45-40(52)55-29-12-7-8-13-29)38(50)48-26-42(25-34(48)37(49)46-43)21-20-31-30-14-9-10-15-32(30)44-35(27-17-18-27)36(31)56-42/h5,9-11,14-15,27-29,33-34H,2-4,6-8,12-13,16-26H2,1H3,(H,45,52)(H,46,49)(H,47,51). The van der Waals surface area contributed by atoms with Crippen molar-refractivity contribution in [2.24, 2.45) is 5.92 Å². The van der Waals surface area contributed by atoms with Crippen LogP contribution in [0, 0.1) is 5.92 Å². The van der Waals surface area contributed by atoms with E-state index in [-0.39, 0.29) is 31.4 Å². The van der Waals surface area contributed by atoms with Crippen molar-refractivity contribution in [2.75, 3.05) is 6.54 Å². The number of nitrogens with zero attached hydrogens (tertiary/aromatic N) is 2. The fourth-order valence-corrected chi connectivity index (χ4v) is 11.2. The number of aryl methyl sites for hydroxylation is 1. The van der Waals surface area contributed by atoms with E-state index in [1.165, 1.54) is 0 Å². The van der Waals surface area contributed by atoms with Crippen molar-refractivity contribution >= 4 is 44.7 Å². The summed E-state index contributed by atoms with van der Waals surface area (Å²) in [5.41, 5.74) is 0.490. The fraction of sp³-hybridized carbons (Fsp3) is 0.651. The molecule has 14 heteroatoms. The Morgan fingerprint density at radius 3 is 2.47 bits per heavy atom. The van der Waals surface area contributed by atoms with Gasteiger partial charge in [-0.15, -0.1) is 0 Å². The zero-order chi connectivity index (χ0) is 39.6. The fourth-order valence-electron chi connectivity index (χ4n) is 9.85. The molecule has 4 saturated carbocycles. The van der Waals surface area contributed by atoms with Crippen LogP contribution < -0.4 is 20.1 Å². The second-order valence-electron chi connectivity index (χ2n) is 18.1. The quantitative estimate of drug-likeness (QED) is 0.315. The number of fused-ring (bicyclic) bond motifs is 5. The Balaban J connectivity index is 1.06. The average molecular weight is 802 g/mol. The lowest BCUT2D eigenvalue weighted by atomic mass is 9.65. The minimum Gasteiger partial charge on any atom is -0.483 e. The highest BCUT2D eigenvalue weighted by atomic mass is 32.2. The highest BCUT2D eigenvalue weighted by molar-refractivity contribution is 7.91. The Hall–Kier alpha value is -4.20. The van der Waals surface area contributed by atoms with Gasteiger partial charge in [-0.05, 0) is 109 Å². The van der Waals surface area contributed by atoms with Crippen molar-refractivity contribution in [1.29, 1.82) is 0 Å². The first kappa shape index (κ1) is 38.3. The monoisotopic (exact) mass is 801 g/mol. The summed E-state index contributed by atoms with van der Waals surface area (Å²) in [7, 11) is -3.99. The molecular weight excluding hydrogens is 747 g/mol. The summed E-state index contributed by atoms with van der Waals surface area (Å²) in [6, 6.07) is 6.08. The van der Waals surface area contributed by atoms with Crippen molar-refractivity contribution in [1.82, 2.24) is 25.2 Å². The Labute approximate surface area is 334 Å². The topological polar surface area (TPSA) is 173 Å². The molecule has 1 aromatic heterocycles. The summed E-state index contributed by atoms with van der Waals surface area (Å²) in [5, 5.41) is 6.98. The van der Waals surface area contributed by atoms with Crippen LogP contribution in [0.2, 0.25) is 0 Å². The van der Waals surface area contributed by atoms with Crippen LogP contribution in [0.3, 0.4) is 0 Å². The van der Waals surface area contributed by atoms with Crippen LogP contribution in [-0.4, -0.2) is 82.7 Å². The predicted molar refractivity (Wildman–Crippen MR) is 212 cm³/mol. The molecule has 5 fully saturated rings. The summed E-state index contributed by atoms with van der Waals surface area (Å²) in [6.45, 7) is 1.73. The number of nitrogens with one attached hydrogen (secondary N) is 3. The van der Waals surface area contributed by atoms with E-state index in [0.717, 1.165) is 85.7 Å². The Morgan fingerprint density at radius 2 is 1.74 bits per heavy atom.